The molecular formula is C13H17NO4. The molecule has 0 radical (unpaired) electrons. The van der Waals surface area contributed by atoms with E-state index in [0.29, 0.717) is 0 Å². The number of benzene rings is 1. The summed E-state index contributed by atoms with van der Waals surface area (Å²) < 4.78 is 9.63. The topological polar surface area (TPSA) is 64.6 Å². The molecule has 0 aromatic heterocycles. The van der Waals surface area contributed by atoms with E-state index in [2.05, 4.69) is 10.1 Å². The quantitative estimate of drug-likeness (QED) is 0.760. The summed E-state index contributed by atoms with van der Waals surface area (Å²) in [5.41, 5.74) is 0.902. The molecule has 0 aliphatic heterocycles. The first kappa shape index (κ1) is 14.2. The number of methoxy groups -OCH3 is 1. The smallest absolute Gasteiger partial charge is 0.324 e. The summed E-state index contributed by atoms with van der Waals surface area (Å²) in [6.45, 7) is 0.193. The molecule has 1 N–H and O–H groups in total. The predicted octanol–water partition coefficient (Wildman–Crippen LogP) is 0.881. The Morgan fingerprint density at radius 3 is 2.50 bits per heavy atom. The van der Waals surface area contributed by atoms with Gasteiger partial charge in [0.1, 0.15) is 12.6 Å². The molecule has 1 atom stereocenters. The maximum Gasteiger partial charge on any atom is 0.324 e. The number of ether oxygens (including phenoxy) is 2. The molecule has 0 amide bonds. The number of hydrogen-bond donors (Lipinski definition) is 1. The summed E-state index contributed by atoms with van der Waals surface area (Å²) in [7, 11) is 2.88. The second-order valence-corrected chi connectivity index (χ2v) is 3.71. The van der Waals surface area contributed by atoms with Gasteiger partial charge < -0.3 is 14.8 Å². The molecule has 0 spiro atoms. The van der Waals surface area contributed by atoms with Crippen molar-refractivity contribution in [2.45, 2.75) is 19.1 Å². The molecular weight excluding hydrogens is 234 g/mol. The van der Waals surface area contributed by atoms with E-state index in [4.69, 9.17) is 4.74 Å². The summed E-state index contributed by atoms with van der Waals surface area (Å²) in [5.74, 6) is -0.919. The average Bonchev–Trinajstić information content (AvgIpc) is 2.42. The zero-order chi connectivity index (χ0) is 13.4. The maximum atomic E-state index is 11.7. The van der Waals surface area contributed by atoms with E-state index in [1.54, 1.807) is 7.05 Å². The van der Waals surface area contributed by atoms with Crippen molar-refractivity contribution < 1.29 is 19.1 Å². The zero-order valence-corrected chi connectivity index (χ0v) is 10.5. The molecule has 5 nitrogen and oxygen atoms in total. The first-order valence-corrected chi connectivity index (χ1v) is 5.62. The normalized spacial score (nSPS) is 11.7. The SMILES string of the molecule is CN[C@@H](CC(=O)OC)C(=O)OCc1ccccc1. The van der Waals surface area contributed by atoms with E-state index >= 15 is 0 Å². The molecule has 1 rings (SSSR count). The number of carbonyl (C=O) groups excluding carboxylic acids is 2. The van der Waals surface area contributed by atoms with Crippen molar-refractivity contribution in [2.75, 3.05) is 14.2 Å². The zero-order valence-electron chi connectivity index (χ0n) is 10.5. The van der Waals surface area contributed by atoms with Crippen molar-refractivity contribution in [2.24, 2.45) is 0 Å². The average molecular weight is 251 g/mol. The Hall–Kier alpha value is -1.88. The van der Waals surface area contributed by atoms with Crippen molar-refractivity contribution in [3.05, 3.63) is 35.9 Å². The Morgan fingerprint density at radius 1 is 1.28 bits per heavy atom. The molecule has 0 saturated carbocycles. The highest BCUT2D eigenvalue weighted by Crippen LogP contribution is 2.03. The summed E-state index contributed by atoms with van der Waals surface area (Å²) in [6, 6.07) is 8.67. The van der Waals surface area contributed by atoms with Crippen LogP contribution in [-0.2, 0) is 25.7 Å². The molecule has 0 saturated heterocycles. The van der Waals surface area contributed by atoms with E-state index in [1.807, 2.05) is 30.3 Å². The van der Waals surface area contributed by atoms with Crippen LogP contribution >= 0.6 is 0 Å². The second-order valence-electron chi connectivity index (χ2n) is 3.71. The number of nitrogens with one attached hydrogen (secondary N) is 1. The molecule has 0 fully saturated rings. The van der Waals surface area contributed by atoms with Crippen LogP contribution in [0.3, 0.4) is 0 Å². The molecule has 5 heteroatoms. The number of esters is 2. The van der Waals surface area contributed by atoms with Crippen LogP contribution in [0.2, 0.25) is 0 Å². The van der Waals surface area contributed by atoms with Gasteiger partial charge in [-0.3, -0.25) is 9.59 Å². The van der Waals surface area contributed by atoms with Gasteiger partial charge in [0.25, 0.3) is 0 Å². The van der Waals surface area contributed by atoms with Gasteiger partial charge >= 0.3 is 11.9 Å². The minimum absolute atomic E-state index is 0.0410. The fourth-order valence-electron chi connectivity index (χ4n) is 1.38. The van der Waals surface area contributed by atoms with Crippen LogP contribution in [0.1, 0.15) is 12.0 Å². The summed E-state index contributed by atoms with van der Waals surface area (Å²) in [5, 5.41) is 2.73. The van der Waals surface area contributed by atoms with Crippen LogP contribution < -0.4 is 5.32 Å². The summed E-state index contributed by atoms with van der Waals surface area (Å²) in [4.78, 5) is 22.8. The maximum absolute atomic E-state index is 11.7. The third-order valence-corrected chi connectivity index (χ3v) is 2.46. The minimum Gasteiger partial charge on any atom is -0.469 e. The van der Waals surface area contributed by atoms with Crippen LogP contribution in [0.15, 0.2) is 30.3 Å². The van der Waals surface area contributed by atoms with Gasteiger partial charge in [0.05, 0.1) is 13.5 Å². The standard InChI is InChI=1S/C13H17NO4/c1-14-11(8-12(15)17-2)13(16)18-9-10-6-4-3-5-7-10/h3-7,11,14H,8-9H2,1-2H3/t11-/m0/s1. The van der Waals surface area contributed by atoms with E-state index < -0.39 is 18.0 Å². The number of rotatable bonds is 6. The Labute approximate surface area is 106 Å². The number of carbonyl (C=O) groups is 2. The lowest BCUT2D eigenvalue weighted by Gasteiger charge is -2.13. The van der Waals surface area contributed by atoms with Gasteiger partial charge in [-0.05, 0) is 12.6 Å². The van der Waals surface area contributed by atoms with Crippen molar-refractivity contribution >= 4 is 11.9 Å². The van der Waals surface area contributed by atoms with E-state index in [1.165, 1.54) is 7.11 Å². The van der Waals surface area contributed by atoms with Gasteiger partial charge in [0.15, 0.2) is 0 Å². The van der Waals surface area contributed by atoms with Crippen molar-refractivity contribution in [3.8, 4) is 0 Å². The van der Waals surface area contributed by atoms with Gasteiger partial charge in [0, 0.05) is 0 Å². The highest BCUT2D eigenvalue weighted by atomic mass is 16.5. The molecule has 0 bridgehead atoms. The lowest BCUT2D eigenvalue weighted by molar-refractivity contribution is -0.152. The van der Waals surface area contributed by atoms with Gasteiger partial charge in [-0.1, -0.05) is 30.3 Å². The summed E-state index contributed by atoms with van der Waals surface area (Å²) >= 11 is 0. The Balaban J connectivity index is 2.45. The molecule has 0 aliphatic carbocycles. The van der Waals surface area contributed by atoms with Crippen LogP contribution in [0, 0.1) is 0 Å². The molecule has 1 aromatic rings. The third-order valence-electron chi connectivity index (χ3n) is 2.46. The number of hydrogen-bond acceptors (Lipinski definition) is 5. The molecule has 0 unspecified atom stereocenters. The fourth-order valence-corrected chi connectivity index (χ4v) is 1.38. The Kier molecular flexibility index (Phi) is 5.87. The van der Waals surface area contributed by atoms with Crippen molar-refractivity contribution in [1.82, 2.24) is 5.32 Å². The molecule has 0 heterocycles. The first-order chi connectivity index (χ1) is 8.67. The monoisotopic (exact) mass is 251 g/mol. The van der Waals surface area contributed by atoms with Gasteiger partial charge in [-0.2, -0.15) is 0 Å². The molecule has 98 valence electrons. The number of likely N-dealkylation sites (N-methyl/N-ethyl adjacent to an activating group) is 1. The van der Waals surface area contributed by atoms with Crippen LogP contribution in [0.5, 0.6) is 0 Å². The largest absolute Gasteiger partial charge is 0.469 e. The lowest BCUT2D eigenvalue weighted by atomic mass is 10.2. The predicted molar refractivity (Wildman–Crippen MR) is 65.7 cm³/mol. The highest BCUT2D eigenvalue weighted by molar-refractivity contribution is 5.82. The molecule has 18 heavy (non-hydrogen) atoms. The van der Waals surface area contributed by atoms with Crippen LogP contribution in [0.4, 0.5) is 0 Å². The van der Waals surface area contributed by atoms with Crippen LogP contribution in [-0.4, -0.2) is 32.1 Å². The van der Waals surface area contributed by atoms with Gasteiger partial charge in [0.2, 0.25) is 0 Å². The van der Waals surface area contributed by atoms with Gasteiger partial charge in [-0.15, -0.1) is 0 Å². The Bertz CT molecular complexity index is 391. The minimum atomic E-state index is -0.679. The van der Waals surface area contributed by atoms with E-state index in [-0.39, 0.29) is 13.0 Å². The summed E-state index contributed by atoms with van der Waals surface area (Å²) in [6.07, 6.45) is -0.0410. The van der Waals surface area contributed by atoms with Crippen molar-refractivity contribution in [1.29, 1.82) is 0 Å². The highest BCUT2D eigenvalue weighted by Gasteiger charge is 2.21. The molecule has 0 aliphatic rings. The molecule has 1 aromatic carbocycles. The van der Waals surface area contributed by atoms with Crippen molar-refractivity contribution in [3.63, 3.8) is 0 Å². The van der Waals surface area contributed by atoms with E-state index in [9.17, 15) is 9.59 Å². The first-order valence-electron chi connectivity index (χ1n) is 5.62. The third kappa shape index (κ3) is 4.55. The Morgan fingerprint density at radius 2 is 1.94 bits per heavy atom. The van der Waals surface area contributed by atoms with E-state index in [0.717, 1.165) is 5.56 Å². The fraction of sp³-hybridized carbons (Fsp3) is 0.385. The van der Waals surface area contributed by atoms with Crippen LogP contribution in [0.25, 0.3) is 0 Å². The lowest BCUT2D eigenvalue weighted by Crippen LogP contribution is -2.37. The second kappa shape index (κ2) is 7.45. The van der Waals surface area contributed by atoms with Gasteiger partial charge in [-0.25, -0.2) is 0 Å².